The Labute approximate surface area is 137 Å². The molecule has 3 N–H and O–H groups in total. The lowest BCUT2D eigenvalue weighted by Gasteiger charge is -2.28. The summed E-state index contributed by atoms with van der Waals surface area (Å²) in [7, 11) is 0. The number of nitrogens with two attached hydrogens (primary N) is 1. The number of carbonyl (C=O) groups is 1. The smallest absolute Gasteiger partial charge is 0.253 e. The zero-order valence-electron chi connectivity index (χ0n) is 13.0. The molecule has 0 bridgehead atoms. The van der Waals surface area contributed by atoms with Crippen molar-refractivity contribution in [2.75, 3.05) is 5.88 Å². The number of hydrogen-bond acceptors (Lipinski definition) is 2. The van der Waals surface area contributed by atoms with Crippen molar-refractivity contribution in [1.29, 1.82) is 0 Å². The first-order valence-corrected chi connectivity index (χ1v) is 8.46. The zero-order valence-corrected chi connectivity index (χ0v) is 13.8. The van der Waals surface area contributed by atoms with Gasteiger partial charge in [-0.15, -0.1) is 11.6 Å². The van der Waals surface area contributed by atoms with E-state index >= 15 is 0 Å². The van der Waals surface area contributed by atoms with Crippen LogP contribution in [0.25, 0.3) is 0 Å². The first kappa shape index (κ1) is 16.8. The van der Waals surface area contributed by atoms with Gasteiger partial charge in [0.1, 0.15) is 5.84 Å². The van der Waals surface area contributed by atoms with E-state index in [1.807, 2.05) is 12.1 Å². The molecule has 0 radical (unpaired) electrons. The van der Waals surface area contributed by atoms with Crippen LogP contribution in [-0.4, -0.2) is 23.7 Å². The van der Waals surface area contributed by atoms with E-state index in [4.69, 9.17) is 17.3 Å². The van der Waals surface area contributed by atoms with Gasteiger partial charge in [-0.1, -0.05) is 25.5 Å². The van der Waals surface area contributed by atoms with Gasteiger partial charge in [0.15, 0.2) is 0 Å². The van der Waals surface area contributed by atoms with E-state index in [0.717, 1.165) is 18.8 Å². The Kier molecular flexibility index (Phi) is 6.25. The highest BCUT2D eigenvalue weighted by molar-refractivity contribution is 6.28. The molecule has 1 amide bonds. The van der Waals surface area contributed by atoms with Gasteiger partial charge in [-0.2, -0.15) is 0 Å². The maximum absolute atomic E-state index is 12.5. The van der Waals surface area contributed by atoms with Crippen LogP contribution in [0.15, 0.2) is 29.3 Å². The van der Waals surface area contributed by atoms with E-state index in [1.54, 1.807) is 12.1 Å². The van der Waals surface area contributed by atoms with Gasteiger partial charge in [0.05, 0.1) is 17.1 Å². The van der Waals surface area contributed by atoms with E-state index in [-0.39, 0.29) is 17.8 Å². The number of amides is 1. The molecule has 1 aromatic rings. The Morgan fingerprint density at radius 2 is 2.00 bits per heavy atom. The van der Waals surface area contributed by atoms with Crippen molar-refractivity contribution < 1.29 is 4.79 Å². The van der Waals surface area contributed by atoms with Crippen LogP contribution in [0.4, 0.5) is 5.69 Å². The molecule has 4 nitrogen and oxygen atoms in total. The second-order valence-corrected chi connectivity index (χ2v) is 6.12. The molecule has 0 aromatic heterocycles. The summed E-state index contributed by atoms with van der Waals surface area (Å²) in [6.45, 7) is 2.24. The number of benzene rings is 1. The van der Waals surface area contributed by atoms with Gasteiger partial charge in [-0.25, -0.2) is 4.99 Å². The number of alkyl halides is 1. The van der Waals surface area contributed by atoms with Crippen LogP contribution in [0.1, 0.15) is 49.4 Å². The molecule has 0 saturated heterocycles. The Hall–Kier alpha value is -1.55. The summed E-state index contributed by atoms with van der Waals surface area (Å²) < 4.78 is 0. The number of nitrogens with zero attached hydrogens (tertiary/aromatic N) is 1. The molecule has 0 atom stereocenters. The van der Waals surface area contributed by atoms with Crippen LogP contribution in [0.3, 0.4) is 0 Å². The summed E-state index contributed by atoms with van der Waals surface area (Å²) in [6.07, 6.45) is 5.73. The number of aliphatic imine (C=N–C) groups is 1. The minimum Gasteiger partial charge on any atom is -0.386 e. The number of amidine groups is 1. The van der Waals surface area contributed by atoms with Gasteiger partial charge in [0.2, 0.25) is 0 Å². The fourth-order valence-electron chi connectivity index (χ4n) is 2.93. The highest BCUT2D eigenvalue weighted by Crippen LogP contribution is 2.27. The first-order chi connectivity index (χ1) is 10.6. The average Bonchev–Trinajstić information content (AvgIpc) is 2.55. The quantitative estimate of drug-likeness (QED) is 0.494. The largest absolute Gasteiger partial charge is 0.386 e. The maximum Gasteiger partial charge on any atom is 0.253 e. The molecule has 0 unspecified atom stereocenters. The molecule has 1 fully saturated rings. The van der Waals surface area contributed by atoms with E-state index in [2.05, 4.69) is 17.2 Å². The minimum atomic E-state index is -0.0818. The average molecular weight is 322 g/mol. The third-order valence-electron chi connectivity index (χ3n) is 4.31. The summed E-state index contributed by atoms with van der Waals surface area (Å²) in [4.78, 5) is 16.7. The van der Waals surface area contributed by atoms with Crippen LogP contribution in [0, 0.1) is 5.92 Å². The summed E-state index contributed by atoms with van der Waals surface area (Å²) in [5, 5.41) is 3.13. The van der Waals surface area contributed by atoms with E-state index in [1.165, 1.54) is 19.3 Å². The molecule has 1 aliphatic rings. The molecule has 1 aliphatic carbocycles. The number of rotatable bonds is 5. The molecule has 1 aromatic carbocycles. The predicted molar refractivity (Wildman–Crippen MR) is 91.9 cm³/mol. The van der Waals surface area contributed by atoms with Gasteiger partial charge in [0.25, 0.3) is 5.91 Å². The van der Waals surface area contributed by atoms with Gasteiger partial charge in [-0.3, -0.25) is 4.79 Å². The number of nitrogens with one attached hydrogen (secondary N) is 1. The number of halogens is 1. The number of hydrogen-bond donors (Lipinski definition) is 2. The van der Waals surface area contributed by atoms with Crippen LogP contribution >= 0.6 is 11.6 Å². The van der Waals surface area contributed by atoms with Gasteiger partial charge in [0, 0.05) is 6.04 Å². The Balaban J connectivity index is 2.04. The van der Waals surface area contributed by atoms with Crippen LogP contribution in [-0.2, 0) is 0 Å². The second-order valence-electron chi connectivity index (χ2n) is 5.85. The van der Waals surface area contributed by atoms with Gasteiger partial charge >= 0.3 is 0 Å². The highest BCUT2D eigenvalue weighted by Gasteiger charge is 2.22. The van der Waals surface area contributed by atoms with Crippen LogP contribution in [0.2, 0.25) is 0 Å². The van der Waals surface area contributed by atoms with Crippen LogP contribution < -0.4 is 11.1 Å². The fourth-order valence-corrected chi connectivity index (χ4v) is 2.99. The molecule has 0 aliphatic heterocycles. The summed E-state index contributed by atoms with van der Waals surface area (Å²) in [5.74, 6) is 1.19. The van der Waals surface area contributed by atoms with E-state index < -0.39 is 0 Å². The SMILES string of the molecule is CCC1CCC(NC(=O)c2ccccc2N=C(N)CCl)CC1. The lowest BCUT2D eigenvalue weighted by Crippen LogP contribution is -2.37. The summed E-state index contributed by atoms with van der Waals surface area (Å²) in [6, 6.07) is 7.48. The summed E-state index contributed by atoms with van der Waals surface area (Å²) >= 11 is 5.66. The summed E-state index contributed by atoms with van der Waals surface area (Å²) in [5.41, 5.74) is 6.79. The van der Waals surface area contributed by atoms with Crippen molar-refractivity contribution in [3.05, 3.63) is 29.8 Å². The molecule has 2 rings (SSSR count). The fraction of sp³-hybridized carbons (Fsp3) is 0.529. The number of carbonyl (C=O) groups excluding carboxylic acids is 1. The molecule has 120 valence electrons. The van der Waals surface area contributed by atoms with Crippen molar-refractivity contribution in [3.8, 4) is 0 Å². The van der Waals surface area contributed by atoms with Gasteiger partial charge in [-0.05, 0) is 43.7 Å². The Morgan fingerprint density at radius 1 is 1.32 bits per heavy atom. The van der Waals surface area contributed by atoms with E-state index in [9.17, 15) is 4.79 Å². The lowest BCUT2D eigenvalue weighted by molar-refractivity contribution is 0.0922. The third-order valence-corrected chi connectivity index (χ3v) is 4.58. The molecule has 5 heteroatoms. The van der Waals surface area contributed by atoms with Crippen LogP contribution in [0.5, 0.6) is 0 Å². The van der Waals surface area contributed by atoms with Gasteiger partial charge < -0.3 is 11.1 Å². The normalized spacial score (nSPS) is 22.4. The zero-order chi connectivity index (χ0) is 15.9. The Morgan fingerprint density at radius 3 is 2.64 bits per heavy atom. The molecular formula is C17H24ClN3O. The molecule has 22 heavy (non-hydrogen) atoms. The lowest BCUT2D eigenvalue weighted by atomic mass is 9.84. The highest BCUT2D eigenvalue weighted by atomic mass is 35.5. The second kappa shape index (κ2) is 8.18. The standard InChI is InChI=1S/C17H24ClN3O/c1-2-12-7-9-13(10-8-12)20-17(22)14-5-3-4-6-15(14)21-16(19)11-18/h3-6,12-13H,2,7-11H2,1H3,(H2,19,21)(H,20,22). The molecule has 0 heterocycles. The third kappa shape index (κ3) is 4.47. The number of para-hydroxylation sites is 1. The maximum atomic E-state index is 12.5. The van der Waals surface area contributed by atoms with Crippen molar-refractivity contribution in [3.63, 3.8) is 0 Å². The van der Waals surface area contributed by atoms with Crippen molar-refractivity contribution in [2.45, 2.75) is 45.1 Å². The molecule has 1 saturated carbocycles. The topological polar surface area (TPSA) is 67.5 Å². The minimum absolute atomic E-state index is 0.0818. The monoisotopic (exact) mass is 321 g/mol. The van der Waals surface area contributed by atoms with Crippen molar-refractivity contribution >= 4 is 29.0 Å². The van der Waals surface area contributed by atoms with Crippen molar-refractivity contribution in [1.82, 2.24) is 5.32 Å². The van der Waals surface area contributed by atoms with Crippen molar-refractivity contribution in [2.24, 2.45) is 16.6 Å². The molecular weight excluding hydrogens is 298 g/mol. The predicted octanol–water partition coefficient (Wildman–Crippen LogP) is 3.61. The molecule has 0 spiro atoms. The first-order valence-electron chi connectivity index (χ1n) is 7.93. The van der Waals surface area contributed by atoms with E-state index in [0.29, 0.717) is 17.1 Å². The Bertz CT molecular complexity index is 536.